The summed E-state index contributed by atoms with van der Waals surface area (Å²) in [5.74, 6) is -0.590. The van der Waals surface area contributed by atoms with Crippen LogP contribution < -0.4 is 4.74 Å². The fraction of sp³-hybridized carbons (Fsp3) is 0. The standard InChI is InChI=1S/C30H19FO4S/c31-23-13-16-25-26(18-23)36-30(28(34)22-4-2-1-3-5-22)29(25)35-24-14-11-21(12-15-24)20-9-6-19(7-10-20)8-17-27(32)33/h1-18H,(H,32,33)/b17-8+. The summed E-state index contributed by atoms with van der Waals surface area (Å²) in [7, 11) is 0. The molecule has 1 heterocycles. The van der Waals surface area contributed by atoms with E-state index in [1.807, 2.05) is 54.6 Å². The number of carbonyl (C=O) groups is 2. The van der Waals surface area contributed by atoms with Crippen LogP contribution in [-0.4, -0.2) is 16.9 Å². The highest BCUT2D eigenvalue weighted by Crippen LogP contribution is 2.42. The molecule has 0 spiro atoms. The van der Waals surface area contributed by atoms with Crippen LogP contribution in [0.2, 0.25) is 0 Å². The Bertz CT molecular complexity index is 1580. The van der Waals surface area contributed by atoms with Gasteiger partial charge in [0, 0.05) is 21.7 Å². The molecule has 0 aliphatic heterocycles. The third-order valence-electron chi connectivity index (χ3n) is 5.59. The summed E-state index contributed by atoms with van der Waals surface area (Å²) < 4.78 is 20.7. The monoisotopic (exact) mass is 494 g/mol. The molecular formula is C30H19FO4S. The van der Waals surface area contributed by atoms with E-state index in [1.165, 1.54) is 29.5 Å². The third-order valence-corrected chi connectivity index (χ3v) is 6.72. The van der Waals surface area contributed by atoms with Crippen LogP contribution in [0.4, 0.5) is 4.39 Å². The molecule has 176 valence electrons. The molecule has 5 rings (SSSR count). The predicted molar refractivity (Wildman–Crippen MR) is 140 cm³/mol. The molecular weight excluding hydrogens is 475 g/mol. The Morgan fingerprint density at radius 2 is 1.50 bits per heavy atom. The number of hydrogen-bond acceptors (Lipinski definition) is 4. The Morgan fingerprint density at radius 1 is 0.833 bits per heavy atom. The van der Waals surface area contributed by atoms with E-state index in [-0.39, 0.29) is 11.6 Å². The van der Waals surface area contributed by atoms with Gasteiger partial charge in [-0.2, -0.15) is 0 Å². The van der Waals surface area contributed by atoms with E-state index in [0.717, 1.165) is 22.8 Å². The molecule has 0 radical (unpaired) electrons. The number of carbonyl (C=O) groups excluding carboxylic acids is 1. The van der Waals surface area contributed by atoms with E-state index >= 15 is 0 Å². The maximum absolute atomic E-state index is 13.9. The zero-order valence-electron chi connectivity index (χ0n) is 18.9. The summed E-state index contributed by atoms with van der Waals surface area (Å²) in [5.41, 5.74) is 3.24. The SMILES string of the molecule is O=C(O)/C=C/c1ccc(-c2ccc(Oc3c(C(=O)c4ccccc4)sc4cc(F)ccc34)cc2)cc1. The number of carboxylic acids is 1. The molecule has 0 atom stereocenters. The summed E-state index contributed by atoms with van der Waals surface area (Å²) in [6, 6.07) is 28.3. The number of rotatable bonds is 7. The fourth-order valence-electron chi connectivity index (χ4n) is 3.81. The van der Waals surface area contributed by atoms with Gasteiger partial charge in [-0.3, -0.25) is 4.79 Å². The minimum absolute atomic E-state index is 0.180. The summed E-state index contributed by atoms with van der Waals surface area (Å²) in [6.07, 6.45) is 2.63. The number of ether oxygens (including phenoxy) is 1. The zero-order chi connectivity index (χ0) is 25.1. The van der Waals surface area contributed by atoms with Crippen molar-refractivity contribution >= 4 is 39.3 Å². The van der Waals surface area contributed by atoms with Crippen LogP contribution in [0.1, 0.15) is 20.8 Å². The molecule has 0 saturated carbocycles. The van der Waals surface area contributed by atoms with Gasteiger partial charge in [-0.25, -0.2) is 9.18 Å². The minimum Gasteiger partial charge on any atom is -0.478 e. The number of aliphatic carboxylic acids is 1. The number of halogens is 1. The molecule has 0 saturated heterocycles. The fourth-order valence-corrected chi connectivity index (χ4v) is 4.92. The van der Waals surface area contributed by atoms with Crippen molar-refractivity contribution in [3.8, 4) is 22.6 Å². The van der Waals surface area contributed by atoms with Crippen molar-refractivity contribution in [1.82, 2.24) is 0 Å². The van der Waals surface area contributed by atoms with E-state index in [9.17, 15) is 14.0 Å². The molecule has 36 heavy (non-hydrogen) atoms. The lowest BCUT2D eigenvalue weighted by molar-refractivity contribution is -0.131. The Kier molecular flexibility index (Phi) is 6.43. The maximum Gasteiger partial charge on any atom is 0.328 e. The van der Waals surface area contributed by atoms with Crippen LogP contribution >= 0.6 is 11.3 Å². The highest BCUT2D eigenvalue weighted by Gasteiger charge is 2.22. The molecule has 0 amide bonds. The second-order valence-corrected chi connectivity index (χ2v) is 9.07. The Labute approximate surface area is 210 Å². The van der Waals surface area contributed by atoms with Gasteiger partial charge in [0.15, 0.2) is 5.75 Å². The van der Waals surface area contributed by atoms with Crippen LogP contribution in [0.3, 0.4) is 0 Å². The Morgan fingerprint density at radius 3 is 2.17 bits per heavy atom. The average Bonchev–Trinajstić information content (AvgIpc) is 3.25. The van der Waals surface area contributed by atoms with Crippen LogP contribution in [0.5, 0.6) is 11.5 Å². The summed E-state index contributed by atoms with van der Waals surface area (Å²) in [4.78, 5) is 24.4. The molecule has 6 heteroatoms. The first-order chi connectivity index (χ1) is 17.5. The number of carboxylic acid groups (broad SMARTS) is 1. The van der Waals surface area contributed by atoms with Gasteiger partial charge in [-0.1, -0.05) is 66.7 Å². The second kappa shape index (κ2) is 9.98. The van der Waals surface area contributed by atoms with E-state index in [4.69, 9.17) is 9.84 Å². The van der Waals surface area contributed by atoms with Crippen LogP contribution in [-0.2, 0) is 4.79 Å². The molecule has 4 aromatic carbocycles. The quantitative estimate of drug-likeness (QED) is 0.185. The molecule has 0 fully saturated rings. The smallest absolute Gasteiger partial charge is 0.328 e. The summed E-state index contributed by atoms with van der Waals surface area (Å²) >= 11 is 1.21. The maximum atomic E-state index is 13.9. The van der Waals surface area contributed by atoms with Gasteiger partial charge < -0.3 is 9.84 Å². The number of fused-ring (bicyclic) bond motifs is 1. The first-order valence-electron chi connectivity index (χ1n) is 11.1. The molecule has 1 aromatic heterocycles. The van der Waals surface area contributed by atoms with Gasteiger partial charge in [0.05, 0.1) is 0 Å². The molecule has 0 aliphatic carbocycles. The first-order valence-corrected chi connectivity index (χ1v) is 11.9. The normalized spacial score (nSPS) is 11.1. The molecule has 0 aliphatic rings. The summed E-state index contributed by atoms with van der Waals surface area (Å²) in [5, 5.41) is 9.44. The molecule has 5 aromatic rings. The molecule has 1 N–H and O–H groups in total. The van der Waals surface area contributed by atoms with Crippen LogP contribution in [0.15, 0.2) is 103 Å². The lowest BCUT2D eigenvalue weighted by Gasteiger charge is -2.09. The molecule has 4 nitrogen and oxygen atoms in total. The molecule has 0 bridgehead atoms. The molecule has 0 unspecified atom stereocenters. The lowest BCUT2D eigenvalue weighted by Crippen LogP contribution is -2.00. The van der Waals surface area contributed by atoms with Crippen molar-refractivity contribution in [3.63, 3.8) is 0 Å². The lowest BCUT2D eigenvalue weighted by atomic mass is 10.0. The van der Waals surface area contributed by atoms with Gasteiger partial charge in [-0.05, 0) is 53.1 Å². The highest BCUT2D eigenvalue weighted by molar-refractivity contribution is 7.21. The van der Waals surface area contributed by atoms with Gasteiger partial charge in [0.25, 0.3) is 0 Å². The van der Waals surface area contributed by atoms with E-state index in [1.54, 1.807) is 30.3 Å². The van der Waals surface area contributed by atoms with Crippen molar-refractivity contribution in [2.75, 3.05) is 0 Å². The first kappa shape index (κ1) is 23.2. The predicted octanol–water partition coefficient (Wildman–Crippen LogP) is 7.83. The number of hydrogen-bond donors (Lipinski definition) is 1. The number of ketones is 1. The van der Waals surface area contributed by atoms with E-state index in [0.29, 0.717) is 32.0 Å². The van der Waals surface area contributed by atoms with Crippen molar-refractivity contribution in [2.24, 2.45) is 0 Å². The largest absolute Gasteiger partial charge is 0.478 e. The number of thiophene rings is 1. The van der Waals surface area contributed by atoms with Crippen molar-refractivity contribution in [3.05, 3.63) is 125 Å². The average molecular weight is 495 g/mol. The van der Waals surface area contributed by atoms with Crippen molar-refractivity contribution < 1.29 is 23.8 Å². The number of benzene rings is 4. The van der Waals surface area contributed by atoms with Gasteiger partial charge in [0.2, 0.25) is 5.78 Å². The Balaban J connectivity index is 1.44. The van der Waals surface area contributed by atoms with Crippen molar-refractivity contribution in [2.45, 2.75) is 0 Å². The van der Waals surface area contributed by atoms with Crippen molar-refractivity contribution in [1.29, 1.82) is 0 Å². The van der Waals surface area contributed by atoms with Gasteiger partial charge in [-0.15, -0.1) is 11.3 Å². The van der Waals surface area contributed by atoms with Crippen LogP contribution in [0, 0.1) is 5.82 Å². The third kappa shape index (κ3) is 4.94. The topological polar surface area (TPSA) is 63.6 Å². The van der Waals surface area contributed by atoms with Crippen LogP contribution in [0.25, 0.3) is 27.3 Å². The summed E-state index contributed by atoms with van der Waals surface area (Å²) in [6.45, 7) is 0. The zero-order valence-corrected chi connectivity index (χ0v) is 19.7. The highest BCUT2D eigenvalue weighted by atomic mass is 32.1. The Hall–Kier alpha value is -4.55. The van der Waals surface area contributed by atoms with E-state index in [2.05, 4.69) is 0 Å². The second-order valence-electron chi connectivity index (χ2n) is 8.02. The van der Waals surface area contributed by atoms with Gasteiger partial charge in [0.1, 0.15) is 16.4 Å². The minimum atomic E-state index is -0.994. The van der Waals surface area contributed by atoms with Gasteiger partial charge >= 0.3 is 5.97 Å². The van der Waals surface area contributed by atoms with E-state index < -0.39 is 5.97 Å².